The molecule has 10 atom stereocenters. The van der Waals surface area contributed by atoms with E-state index in [1.54, 1.807) is 5.57 Å². The van der Waals surface area contributed by atoms with Crippen molar-refractivity contribution in [3.05, 3.63) is 11.6 Å². The van der Waals surface area contributed by atoms with Crippen molar-refractivity contribution < 1.29 is 5.11 Å². The van der Waals surface area contributed by atoms with Crippen LogP contribution in [-0.2, 0) is 0 Å². The molecule has 0 aromatic heterocycles. The van der Waals surface area contributed by atoms with Gasteiger partial charge in [-0.05, 0) is 110 Å². The molecule has 0 amide bonds. The average Bonchev–Trinajstić information content (AvgIpc) is 3.50. The molecule has 6 aliphatic rings. The van der Waals surface area contributed by atoms with Crippen LogP contribution in [-0.4, -0.2) is 17.4 Å². The Kier molecular flexibility index (Phi) is 3.09. The highest BCUT2D eigenvalue weighted by atomic mass is 16.3. The molecule has 136 valence electrons. The smallest absolute Gasteiger partial charge is 0.0723 e. The molecule has 0 heterocycles. The maximum absolute atomic E-state index is 10.2. The van der Waals surface area contributed by atoms with Crippen LogP contribution < -0.4 is 0 Å². The van der Waals surface area contributed by atoms with Gasteiger partial charge in [-0.2, -0.15) is 0 Å². The molecule has 2 heteroatoms. The van der Waals surface area contributed by atoms with Gasteiger partial charge in [0.1, 0.15) is 0 Å². The van der Waals surface area contributed by atoms with E-state index in [0.29, 0.717) is 11.3 Å². The lowest BCUT2D eigenvalue weighted by molar-refractivity contribution is -0.0635. The number of rotatable bonds is 2. The van der Waals surface area contributed by atoms with Crippen LogP contribution in [0.4, 0.5) is 0 Å². The highest BCUT2D eigenvalue weighted by Gasteiger charge is 2.70. The van der Waals surface area contributed by atoms with Crippen LogP contribution in [0.15, 0.2) is 11.6 Å². The largest absolute Gasteiger partial charge is 0.389 e. The first-order valence-electron chi connectivity index (χ1n) is 11.0. The lowest BCUT2D eigenvalue weighted by Crippen LogP contribution is -2.52. The standard InChI is InChI=1S/C23H33NO/c1-23-7-6-16-15-5-4-14(25)8-13(15)9-17(12-2-3-12)21(16)22(23)19-10-18(19)20(23)11-24/h8,11-12,14-22,24-25H,2-7,9-10H2,1H3/t14?,15-,16+,17+,18-,19+,20-,21-,22-,23+/m0/s1. The minimum absolute atomic E-state index is 0.168. The first-order chi connectivity index (χ1) is 12.1. The van der Waals surface area contributed by atoms with Crippen LogP contribution in [0.2, 0.25) is 0 Å². The Hall–Kier alpha value is -0.630. The first-order valence-corrected chi connectivity index (χ1v) is 11.0. The van der Waals surface area contributed by atoms with Gasteiger partial charge in [0.05, 0.1) is 6.10 Å². The highest BCUT2D eigenvalue weighted by Crippen LogP contribution is 2.75. The number of aliphatic hydroxyl groups is 1. The lowest BCUT2D eigenvalue weighted by Gasteiger charge is -2.58. The number of hydrogen-bond acceptors (Lipinski definition) is 2. The second-order valence-electron chi connectivity index (χ2n) is 10.8. The third kappa shape index (κ3) is 1.98. The fraction of sp³-hybridized carbons (Fsp3) is 0.870. The van der Waals surface area contributed by atoms with Gasteiger partial charge in [-0.15, -0.1) is 0 Å². The summed E-state index contributed by atoms with van der Waals surface area (Å²) in [7, 11) is 0. The Morgan fingerprint density at radius 1 is 1.08 bits per heavy atom. The van der Waals surface area contributed by atoms with Crippen LogP contribution in [0.5, 0.6) is 0 Å². The molecule has 5 fully saturated rings. The van der Waals surface area contributed by atoms with Crippen LogP contribution >= 0.6 is 0 Å². The van der Waals surface area contributed by atoms with E-state index in [2.05, 4.69) is 13.0 Å². The molecule has 0 bridgehead atoms. The lowest BCUT2D eigenvalue weighted by atomic mass is 9.47. The molecule has 0 spiro atoms. The van der Waals surface area contributed by atoms with E-state index in [-0.39, 0.29) is 6.10 Å². The van der Waals surface area contributed by atoms with Crippen molar-refractivity contribution in [3.8, 4) is 0 Å². The maximum atomic E-state index is 10.2. The zero-order valence-corrected chi connectivity index (χ0v) is 15.5. The molecule has 0 aromatic rings. The molecular weight excluding hydrogens is 306 g/mol. The van der Waals surface area contributed by atoms with Crippen molar-refractivity contribution >= 4 is 6.21 Å². The van der Waals surface area contributed by atoms with Gasteiger partial charge in [0, 0.05) is 5.92 Å². The number of allylic oxidation sites excluding steroid dienone is 1. The summed E-state index contributed by atoms with van der Waals surface area (Å²) in [6.07, 6.45) is 14.6. The molecule has 5 saturated carbocycles. The summed E-state index contributed by atoms with van der Waals surface area (Å²) >= 11 is 0. The van der Waals surface area contributed by atoms with Crippen LogP contribution in [0.25, 0.3) is 0 Å². The molecule has 6 rings (SSSR count). The zero-order chi connectivity index (χ0) is 16.9. The fourth-order valence-electron chi connectivity index (χ4n) is 8.74. The van der Waals surface area contributed by atoms with E-state index in [0.717, 1.165) is 53.8 Å². The summed E-state index contributed by atoms with van der Waals surface area (Å²) in [5, 5.41) is 18.3. The van der Waals surface area contributed by atoms with Gasteiger partial charge in [0.15, 0.2) is 0 Å². The fourth-order valence-corrected chi connectivity index (χ4v) is 8.74. The Morgan fingerprint density at radius 3 is 2.68 bits per heavy atom. The predicted molar refractivity (Wildman–Crippen MR) is 99.3 cm³/mol. The third-order valence-corrected chi connectivity index (χ3v) is 9.81. The monoisotopic (exact) mass is 339 g/mol. The normalized spacial score (nSPS) is 59.1. The third-order valence-electron chi connectivity index (χ3n) is 9.81. The van der Waals surface area contributed by atoms with E-state index in [1.807, 2.05) is 6.21 Å². The van der Waals surface area contributed by atoms with Crippen molar-refractivity contribution in [2.75, 3.05) is 0 Å². The topological polar surface area (TPSA) is 44.1 Å². The molecule has 0 radical (unpaired) electrons. The van der Waals surface area contributed by atoms with Gasteiger partial charge in [0.25, 0.3) is 0 Å². The Labute approximate surface area is 152 Å². The Morgan fingerprint density at radius 2 is 1.92 bits per heavy atom. The maximum Gasteiger partial charge on any atom is 0.0723 e. The average molecular weight is 340 g/mol. The van der Waals surface area contributed by atoms with Crippen molar-refractivity contribution in [2.45, 2.75) is 64.4 Å². The van der Waals surface area contributed by atoms with E-state index in [9.17, 15) is 5.11 Å². The van der Waals surface area contributed by atoms with Crippen molar-refractivity contribution in [2.24, 2.45) is 58.7 Å². The quantitative estimate of drug-likeness (QED) is 0.557. The molecule has 2 N–H and O–H groups in total. The predicted octanol–water partition coefficient (Wildman–Crippen LogP) is 4.68. The van der Waals surface area contributed by atoms with Gasteiger partial charge in [-0.3, -0.25) is 0 Å². The second kappa shape index (κ2) is 5.00. The molecule has 2 nitrogen and oxygen atoms in total. The molecule has 0 aromatic carbocycles. The summed E-state index contributed by atoms with van der Waals surface area (Å²) in [6, 6.07) is 0. The van der Waals surface area contributed by atoms with E-state index in [1.165, 1.54) is 44.9 Å². The number of fused-ring (bicyclic) bond motifs is 7. The zero-order valence-electron chi connectivity index (χ0n) is 15.5. The van der Waals surface area contributed by atoms with Gasteiger partial charge >= 0.3 is 0 Å². The summed E-state index contributed by atoms with van der Waals surface area (Å²) < 4.78 is 0. The number of aliphatic hydroxyl groups excluding tert-OH is 1. The second-order valence-corrected chi connectivity index (χ2v) is 10.8. The molecule has 0 saturated heterocycles. The van der Waals surface area contributed by atoms with Crippen LogP contribution in [0.1, 0.15) is 58.3 Å². The van der Waals surface area contributed by atoms with Crippen molar-refractivity contribution in [1.29, 1.82) is 5.41 Å². The van der Waals surface area contributed by atoms with E-state index < -0.39 is 0 Å². The summed E-state index contributed by atoms with van der Waals surface area (Å²) in [6.45, 7) is 2.57. The number of nitrogens with one attached hydrogen (secondary N) is 1. The van der Waals surface area contributed by atoms with Gasteiger partial charge < -0.3 is 10.5 Å². The highest BCUT2D eigenvalue weighted by molar-refractivity contribution is 5.61. The van der Waals surface area contributed by atoms with Gasteiger partial charge in [-0.1, -0.05) is 18.6 Å². The van der Waals surface area contributed by atoms with Crippen molar-refractivity contribution in [3.63, 3.8) is 0 Å². The van der Waals surface area contributed by atoms with E-state index >= 15 is 0 Å². The molecule has 0 aliphatic heterocycles. The molecule has 6 aliphatic carbocycles. The Balaban J connectivity index is 1.41. The van der Waals surface area contributed by atoms with Gasteiger partial charge in [0.2, 0.25) is 0 Å². The van der Waals surface area contributed by atoms with Crippen LogP contribution in [0.3, 0.4) is 0 Å². The first kappa shape index (κ1) is 15.4. The minimum Gasteiger partial charge on any atom is -0.389 e. The van der Waals surface area contributed by atoms with Crippen molar-refractivity contribution in [1.82, 2.24) is 0 Å². The van der Waals surface area contributed by atoms with Gasteiger partial charge in [-0.25, -0.2) is 0 Å². The number of hydrogen-bond donors (Lipinski definition) is 2. The SMILES string of the molecule is C[C@]12CC[C@H]3[C@H]([C@@H]1[C@@H]1C[C@@H]1[C@@H]2C=N)[C@@H](C1CC1)CC1=CC(O)CC[C@@H]13. The Bertz CT molecular complexity index is 636. The molecular formula is C23H33NO. The minimum atomic E-state index is -0.168. The summed E-state index contributed by atoms with van der Waals surface area (Å²) in [4.78, 5) is 0. The van der Waals surface area contributed by atoms with Crippen LogP contribution in [0, 0.1) is 64.1 Å². The summed E-state index contributed by atoms with van der Waals surface area (Å²) in [5.74, 6) is 7.77. The summed E-state index contributed by atoms with van der Waals surface area (Å²) in [5.41, 5.74) is 2.08. The molecule has 25 heavy (non-hydrogen) atoms. The molecule has 1 unspecified atom stereocenters. The van der Waals surface area contributed by atoms with E-state index in [4.69, 9.17) is 5.41 Å².